The second-order valence-corrected chi connectivity index (χ2v) is 29.8. The van der Waals surface area contributed by atoms with Crippen LogP contribution in [0.1, 0.15) is 5.56 Å². The van der Waals surface area contributed by atoms with Gasteiger partial charge in [-0.05, 0) is 226 Å². The summed E-state index contributed by atoms with van der Waals surface area (Å²) in [5, 5.41) is 27.1. The van der Waals surface area contributed by atoms with Crippen molar-refractivity contribution in [3.8, 4) is 95.6 Å². The van der Waals surface area contributed by atoms with Gasteiger partial charge in [0, 0.05) is 65.8 Å². The lowest BCUT2D eigenvalue weighted by Gasteiger charge is -2.14. The topological polar surface area (TPSA) is 43.5 Å². The van der Waals surface area contributed by atoms with E-state index < -0.39 is 0 Å². The molecule has 0 spiro atoms. The van der Waals surface area contributed by atoms with Crippen molar-refractivity contribution in [3.05, 3.63) is 424 Å². The van der Waals surface area contributed by atoms with Gasteiger partial charge in [-0.1, -0.05) is 291 Å². The minimum Gasteiger partial charge on any atom is -0.309 e. The van der Waals surface area contributed by atoms with E-state index in [4.69, 9.17) is 0 Å². The van der Waals surface area contributed by atoms with E-state index in [-0.39, 0.29) is 0 Å². The van der Waals surface area contributed by atoms with Gasteiger partial charge in [0.15, 0.2) is 0 Å². The number of nitrogens with zero attached hydrogens (tertiary/aromatic N) is 5. The first-order valence-corrected chi connectivity index (χ1v) is 39.0. The van der Waals surface area contributed by atoms with Crippen LogP contribution in [-0.2, 0) is 0 Å². The summed E-state index contributed by atoms with van der Waals surface area (Å²) in [5.41, 5.74) is 29.0. The van der Waals surface area contributed by atoms with Gasteiger partial charge in [0.2, 0.25) is 0 Å². The Labute approximate surface area is 658 Å². The summed E-state index contributed by atoms with van der Waals surface area (Å²) in [5.74, 6) is 0. The van der Waals surface area contributed by atoms with Gasteiger partial charge in [0.05, 0.1) is 55.8 Å². The molecule has 4 heterocycles. The summed E-state index contributed by atoms with van der Waals surface area (Å²) >= 11 is 0. The second-order valence-electron chi connectivity index (χ2n) is 29.8. The number of hydrogen-bond acceptors (Lipinski definition) is 1. The van der Waals surface area contributed by atoms with Crippen LogP contribution in [0.4, 0.5) is 0 Å². The van der Waals surface area contributed by atoms with E-state index in [1.165, 1.54) is 181 Å². The van der Waals surface area contributed by atoms with Gasteiger partial charge in [0.1, 0.15) is 0 Å². The lowest BCUT2D eigenvalue weighted by atomic mass is 9.94. The first kappa shape index (κ1) is 65.7. The Hall–Kier alpha value is -15.4. The molecular formula is C109H69N5. The Morgan fingerprint density at radius 2 is 0.377 bits per heavy atom. The molecule has 5 nitrogen and oxygen atoms in total. The monoisotopic (exact) mass is 1450 g/mol. The first-order chi connectivity index (χ1) is 56.5. The van der Waals surface area contributed by atoms with Crippen LogP contribution in [0.3, 0.4) is 0 Å². The highest BCUT2D eigenvalue weighted by molar-refractivity contribution is 6.26. The van der Waals surface area contributed by atoms with Crippen molar-refractivity contribution in [2.45, 2.75) is 0 Å². The Morgan fingerprint density at radius 3 is 0.711 bits per heavy atom. The zero-order chi connectivity index (χ0) is 75.3. The Balaban J connectivity index is 0.000000141. The molecule has 4 aromatic heterocycles. The molecule has 0 saturated heterocycles. The maximum Gasteiger partial charge on any atom is 0.0992 e. The predicted molar refractivity (Wildman–Crippen MR) is 480 cm³/mol. The van der Waals surface area contributed by atoms with Crippen molar-refractivity contribution in [1.29, 1.82) is 5.26 Å². The van der Waals surface area contributed by atoms with E-state index in [2.05, 4.69) is 425 Å². The predicted octanol–water partition coefficient (Wildman–Crippen LogP) is 29.1. The van der Waals surface area contributed by atoms with Crippen LogP contribution in [0.2, 0.25) is 0 Å². The number of para-hydroxylation sites is 4. The highest BCUT2D eigenvalue weighted by Crippen LogP contribution is 2.44. The minimum atomic E-state index is 0.650. The van der Waals surface area contributed by atoms with E-state index >= 15 is 0 Å². The highest BCUT2D eigenvalue weighted by Gasteiger charge is 2.21. The average Bonchev–Trinajstić information content (AvgIpc) is 1.09. The molecule has 530 valence electrons. The van der Waals surface area contributed by atoms with Crippen LogP contribution in [0.5, 0.6) is 0 Å². The molecule has 0 atom stereocenters. The smallest absolute Gasteiger partial charge is 0.0992 e. The van der Waals surface area contributed by atoms with Gasteiger partial charge in [-0.3, -0.25) is 0 Å². The number of rotatable bonds is 10. The summed E-state index contributed by atoms with van der Waals surface area (Å²) in [6.07, 6.45) is 0. The number of benzene rings is 19. The van der Waals surface area contributed by atoms with Crippen LogP contribution >= 0.6 is 0 Å². The van der Waals surface area contributed by atoms with E-state index in [1.54, 1.807) is 0 Å². The number of nitriles is 1. The largest absolute Gasteiger partial charge is 0.309 e. The lowest BCUT2D eigenvalue weighted by molar-refractivity contribution is 1.18. The number of fused-ring (bicyclic) bond motifs is 18. The maximum atomic E-state index is 9.59. The number of aromatic nitrogens is 4. The van der Waals surface area contributed by atoms with Crippen molar-refractivity contribution < 1.29 is 0 Å². The fourth-order valence-electron chi connectivity index (χ4n) is 18.0. The summed E-state index contributed by atoms with van der Waals surface area (Å²) < 4.78 is 9.49. The van der Waals surface area contributed by atoms with Crippen LogP contribution in [0, 0.1) is 11.3 Å². The van der Waals surface area contributed by atoms with Crippen molar-refractivity contribution in [2.75, 3.05) is 0 Å². The third-order valence-electron chi connectivity index (χ3n) is 23.5. The molecule has 0 aliphatic rings. The molecule has 19 aromatic carbocycles. The Kier molecular flexibility index (Phi) is 15.6. The molecule has 0 unspecified atom stereocenters. The van der Waals surface area contributed by atoms with Crippen LogP contribution in [-0.4, -0.2) is 18.3 Å². The second kappa shape index (κ2) is 27.0. The molecule has 0 saturated carbocycles. The first-order valence-electron chi connectivity index (χ1n) is 39.0. The van der Waals surface area contributed by atoms with Crippen LogP contribution in [0.25, 0.3) is 209 Å². The zero-order valence-electron chi connectivity index (χ0n) is 62.1. The van der Waals surface area contributed by atoms with Crippen molar-refractivity contribution in [2.24, 2.45) is 0 Å². The van der Waals surface area contributed by atoms with Gasteiger partial charge in [0.25, 0.3) is 0 Å². The summed E-state index contributed by atoms with van der Waals surface area (Å²) in [6, 6.07) is 154. The number of hydrogen-bond donors (Lipinski definition) is 0. The Bertz CT molecular complexity index is 7770. The van der Waals surface area contributed by atoms with Gasteiger partial charge in [-0.2, -0.15) is 5.26 Å². The van der Waals surface area contributed by atoms with E-state index in [9.17, 15) is 5.26 Å². The Morgan fingerprint density at radius 1 is 0.140 bits per heavy atom. The van der Waals surface area contributed by atoms with E-state index in [1.807, 2.05) is 18.2 Å². The van der Waals surface area contributed by atoms with Crippen molar-refractivity contribution in [3.63, 3.8) is 0 Å². The molecule has 0 amide bonds. The quantitative estimate of drug-likeness (QED) is 0.126. The SMILES string of the molecule is N#Cc1cccc(-n2c3ccccc3c3cc(-c4ccc5c(c4)c4ccccc4n5-c4ccc(-c5ccc(-c6ccccc6)cc5)cc4)ccc32)c1.c1ccc(-c2ccc(-c3ccc(-n4c5ccccc5c5cc(-c6ccc7c(c6)c6ccccc6n7-c6ccc7c8ccccc8c8ccccc8c7c6)ccc54)cc3)cc2)cc1. The molecule has 0 N–H and O–H groups in total. The molecule has 0 aliphatic carbocycles. The molecular weight excluding hydrogens is 1380 g/mol. The molecule has 0 radical (unpaired) electrons. The average molecular weight is 1450 g/mol. The fraction of sp³-hybridized carbons (Fsp3) is 0. The van der Waals surface area contributed by atoms with Gasteiger partial charge < -0.3 is 18.3 Å². The molecule has 23 rings (SSSR count). The van der Waals surface area contributed by atoms with Crippen molar-refractivity contribution in [1.82, 2.24) is 18.3 Å². The van der Waals surface area contributed by atoms with Gasteiger partial charge >= 0.3 is 0 Å². The van der Waals surface area contributed by atoms with Gasteiger partial charge in [-0.25, -0.2) is 0 Å². The normalized spacial score (nSPS) is 11.7. The van der Waals surface area contributed by atoms with Crippen LogP contribution < -0.4 is 0 Å². The van der Waals surface area contributed by atoms with Crippen molar-refractivity contribution >= 4 is 120 Å². The minimum absolute atomic E-state index is 0.650. The molecule has 5 heteroatoms. The lowest BCUT2D eigenvalue weighted by Crippen LogP contribution is -1.94. The molecule has 23 aromatic rings. The molecule has 114 heavy (non-hydrogen) atoms. The fourth-order valence-corrected chi connectivity index (χ4v) is 18.0. The molecule has 0 aliphatic heterocycles. The van der Waals surface area contributed by atoms with E-state index in [0.717, 1.165) is 28.1 Å². The summed E-state index contributed by atoms with van der Waals surface area (Å²) in [4.78, 5) is 0. The van der Waals surface area contributed by atoms with E-state index in [0.29, 0.717) is 5.56 Å². The maximum absolute atomic E-state index is 9.59. The molecule has 0 fully saturated rings. The third kappa shape index (κ3) is 11.0. The third-order valence-corrected chi connectivity index (χ3v) is 23.5. The standard InChI is InChI=1S/C60H38N2.C49H31N3/c1-2-12-39(13-3-1)40-22-24-41(25-23-40)42-26-30-45(31-27-42)61-57-20-10-8-18-52(57)55-36-43(28-34-59(55)61)44-29-35-60-56(37-44)53-19-9-11-21-58(53)62(60)46-32-33-51-49-16-5-4-14-47(49)48-15-6-7-17-50(48)54(51)38-46;50-32-33-9-8-12-41(29-33)52-47-16-7-5-14-43(47)45-31-39(24-28-49(45)52)38-23-27-48-44(30-38)42-13-4-6-15-46(42)51(48)40-25-21-37(22-26-40)36-19-17-35(18-20-36)34-10-2-1-3-11-34/h1-38H;1-31H. The van der Waals surface area contributed by atoms with Gasteiger partial charge in [-0.15, -0.1) is 0 Å². The summed E-state index contributed by atoms with van der Waals surface area (Å²) in [7, 11) is 0. The van der Waals surface area contributed by atoms with Crippen LogP contribution in [0.15, 0.2) is 419 Å². The zero-order valence-corrected chi connectivity index (χ0v) is 62.1. The highest BCUT2D eigenvalue weighted by atomic mass is 15.0. The molecule has 0 bridgehead atoms. The summed E-state index contributed by atoms with van der Waals surface area (Å²) in [6.45, 7) is 0.